The number of rotatable bonds is 11. The van der Waals surface area contributed by atoms with Crippen LogP contribution in [0.2, 0.25) is 0 Å². The summed E-state index contributed by atoms with van der Waals surface area (Å²) in [5.74, 6) is 0.860. The predicted molar refractivity (Wildman–Crippen MR) is 113 cm³/mol. The normalized spacial score (nSPS) is 16.1. The van der Waals surface area contributed by atoms with Crippen molar-refractivity contribution in [3.05, 3.63) is 39.9 Å². The lowest BCUT2D eigenvalue weighted by Crippen LogP contribution is -2.43. The number of nitrogens with zero attached hydrogens (tertiary/aromatic N) is 2. The number of aliphatic imine (C=N–C) groups is 1. The van der Waals surface area contributed by atoms with Gasteiger partial charge < -0.3 is 15.4 Å². The summed E-state index contributed by atoms with van der Waals surface area (Å²) in [5.41, 5.74) is 1.61. The molecule has 7 heteroatoms. The molecule has 0 heterocycles. The Labute approximate surface area is 168 Å². The number of nitrogens with one attached hydrogen (secondary N) is 2. The fourth-order valence-electron chi connectivity index (χ4n) is 3.90. The standard InChI is InChI=1S/C21H34N4O3/c1-22-20(24-17-21(14-16-28-2)12-4-5-13-21)23-15-6-3-7-18-8-10-19(11-9-18)25(26)27/h8-11H,3-7,12-17H2,1-2H3,(H2,22,23,24). The van der Waals surface area contributed by atoms with Gasteiger partial charge in [0.1, 0.15) is 0 Å². The van der Waals surface area contributed by atoms with Crippen LogP contribution in [-0.2, 0) is 11.2 Å². The molecule has 0 atom stereocenters. The summed E-state index contributed by atoms with van der Waals surface area (Å²) in [7, 11) is 3.58. The van der Waals surface area contributed by atoms with Gasteiger partial charge in [0.25, 0.3) is 5.69 Å². The number of benzene rings is 1. The maximum absolute atomic E-state index is 10.7. The molecule has 2 N–H and O–H groups in total. The molecule has 0 aromatic heterocycles. The molecule has 1 aromatic rings. The van der Waals surface area contributed by atoms with Crippen LogP contribution in [0.25, 0.3) is 0 Å². The minimum absolute atomic E-state index is 0.144. The first-order chi connectivity index (χ1) is 13.6. The number of hydrogen-bond acceptors (Lipinski definition) is 4. The van der Waals surface area contributed by atoms with Crippen molar-refractivity contribution >= 4 is 11.6 Å². The molecular weight excluding hydrogens is 356 g/mol. The zero-order chi connectivity index (χ0) is 20.2. The number of nitro benzene ring substituents is 1. The van der Waals surface area contributed by atoms with E-state index in [1.807, 2.05) is 19.2 Å². The van der Waals surface area contributed by atoms with Crippen LogP contribution >= 0.6 is 0 Å². The molecule has 1 saturated carbocycles. The Kier molecular flexibility index (Phi) is 9.20. The Balaban J connectivity index is 1.66. The zero-order valence-corrected chi connectivity index (χ0v) is 17.2. The van der Waals surface area contributed by atoms with Crippen molar-refractivity contribution in [3.8, 4) is 0 Å². The lowest BCUT2D eigenvalue weighted by atomic mass is 9.83. The number of aryl methyl sites for hydroxylation is 1. The van der Waals surface area contributed by atoms with E-state index in [0.717, 1.165) is 56.9 Å². The molecule has 156 valence electrons. The molecule has 1 aliphatic rings. The molecule has 0 radical (unpaired) electrons. The largest absolute Gasteiger partial charge is 0.385 e. The molecule has 0 bridgehead atoms. The quantitative estimate of drug-likeness (QED) is 0.198. The molecular formula is C21H34N4O3. The van der Waals surface area contributed by atoms with E-state index in [4.69, 9.17) is 4.74 Å². The molecule has 0 aliphatic heterocycles. The second-order valence-electron chi connectivity index (χ2n) is 7.68. The molecule has 0 spiro atoms. The van der Waals surface area contributed by atoms with Crippen LogP contribution in [0.15, 0.2) is 29.3 Å². The van der Waals surface area contributed by atoms with Crippen molar-refractivity contribution in [1.82, 2.24) is 10.6 Å². The molecule has 0 amide bonds. The maximum atomic E-state index is 10.7. The van der Waals surface area contributed by atoms with Crippen molar-refractivity contribution in [2.45, 2.75) is 51.4 Å². The predicted octanol–water partition coefficient (Wildman–Crippen LogP) is 3.68. The van der Waals surface area contributed by atoms with Crippen LogP contribution in [0, 0.1) is 15.5 Å². The highest BCUT2D eigenvalue weighted by Gasteiger charge is 2.33. The molecule has 1 aliphatic carbocycles. The smallest absolute Gasteiger partial charge is 0.269 e. The first-order valence-corrected chi connectivity index (χ1v) is 10.3. The molecule has 1 fully saturated rings. The van der Waals surface area contributed by atoms with Gasteiger partial charge >= 0.3 is 0 Å². The number of non-ortho nitro benzene ring substituents is 1. The van der Waals surface area contributed by atoms with Gasteiger partial charge in [-0.3, -0.25) is 15.1 Å². The third-order valence-corrected chi connectivity index (χ3v) is 5.69. The van der Waals surface area contributed by atoms with E-state index in [1.54, 1.807) is 19.2 Å². The molecule has 0 saturated heterocycles. The number of nitro groups is 1. The number of methoxy groups -OCH3 is 1. The highest BCUT2D eigenvalue weighted by molar-refractivity contribution is 5.79. The van der Waals surface area contributed by atoms with Crippen LogP contribution in [0.3, 0.4) is 0 Å². The van der Waals surface area contributed by atoms with Crippen LogP contribution in [0.5, 0.6) is 0 Å². The van der Waals surface area contributed by atoms with Gasteiger partial charge in [-0.25, -0.2) is 0 Å². The van der Waals surface area contributed by atoms with E-state index in [2.05, 4.69) is 15.6 Å². The monoisotopic (exact) mass is 390 g/mol. The highest BCUT2D eigenvalue weighted by atomic mass is 16.6. The number of hydrogen-bond donors (Lipinski definition) is 2. The van der Waals surface area contributed by atoms with Crippen molar-refractivity contribution in [1.29, 1.82) is 0 Å². The van der Waals surface area contributed by atoms with E-state index in [-0.39, 0.29) is 10.6 Å². The van der Waals surface area contributed by atoms with Crippen LogP contribution < -0.4 is 10.6 Å². The lowest BCUT2D eigenvalue weighted by Gasteiger charge is -2.30. The summed E-state index contributed by atoms with van der Waals surface area (Å²) in [5, 5.41) is 17.6. The van der Waals surface area contributed by atoms with Gasteiger partial charge in [-0.05, 0) is 49.5 Å². The van der Waals surface area contributed by atoms with Gasteiger partial charge in [0.2, 0.25) is 0 Å². The van der Waals surface area contributed by atoms with Crippen molar-refractivity contribution in [2.24, 2.45) is 10.4 Å². The van der Waals surface area contributed by atoms with Gasteiger partial charge in [0, 0.05) is 46.0 Å². The Bertz CT molecular complexity index is 625. The van der Waals surface area contributed by atoms with E-state index >= 15 is 0 Å². The molecule has 2 rings (SSSR count). The minimum Gasteiger partial charge on any atom is -0.385 e. The van der Waals surface area contributed by atoms with E-state index in [1.165, 1.54) is 25.7 Å². The Morgan fingerprint density at radius 1 is 1.21 bits per heavy atom. The summed E-state index contributed by atoms with van der Waals surface area (Å²) in [6.45, 7) is 2.62. The van der Waals surface area contributed by atoms with E-state index in [0.29, 0.717) is 5.41 Å². The summed E-state index contributed by atoms with van der Waals surface area (Å²) in [4.78, 5) is 14.7. The Morgan fingerprint density at radius 3 is 2.54 bits per heavy atom. The maximum Gasteiger partial charge on any atom is 0.269 e. The summed E-state index contributed by atoms with van der Waals surface area (Å²) in [6, 6.07) is 6.82. The molecule has 7 nitrogen and oxygen atoms in total. The average Bonchev–Trinajstić information content (AvgIpc) is 3.18. The SMILES string of the molecule is CN=C(NCCCCc1ccc([N+](=O)[O-])cc1)NCC1(CCOC)CCCC1. The average molecular weight is 391 g/mol. The third-order valence-electron chi connectivity index (χ3n) is 5.69. The summed E-state index contributed by atoms with van der Waals surface area (Å²) >= 11 is 0. The van der Waals surface area contributed by atoms with Gasteiger partial charge in [-0.1, -0.05) is 25.0 Å². The van der Waals surface area contributed by atoms with Crippen LogP contribution in [0.4, 0.5) is 5.69 Å². The topological polar surface area (TPSA) is 88.8 Å². The number of unbranched alkanes of at least 4 members (excludes halogenated alkanes) is 1. The molecule has 1 aromatic carbocycles. The third kappa shape index (κ3) is 7.11. The van der Waals surface area contributed by atoms with Gasteiger partial charge in [0.15, 0.2) is 5.96 Å². The van der Waals surface area contributed by atoms with Crippen molar-refractivity contribution in [3.63, 3.8) is 0 Å². The molecule has 0 unspecified atom stereocenters. The Hall–Kier alpha value is -2.15. The van der Waals surface area contributed by atoms with Gasteiger partial charge in [0.05, 0.1) is 4.92 Å². The number of ether oxygens (including phenoxy) is 1. The first kappa shape index (κ1) is 22.1. The summed E-state index contributed by atoms with van der Waals surface area (Å²) in [6.07, 6.45) is 9.20. The number of guanidine groups is 1. The fraction of sp³-hybridized carbons (Fsp3) is 0.667. The minimum atomic E-state index is -0.364. The van der Waals surface area contributed by atoms with Crippen LogP contribution in [0.1, 0.15) is 50.5 Å². The van der Waals surface area contributed by atoms with Crippen LogP contribution in [-0.4, -0.2) is 44.7 Å². The first-order valence-electron chi connectivity index (χ1n) is 10.3. The zero-order valence-electron chi connectivity index (χ0n) is 17.2. The van der Waals surface area contributed by atoms with Crippen molar-refractivity contribution < 1.29 is 9.66 Å². The van der Waals surface area contributed by atoms with E-state index in [9.17, 15) is 10.1 Å². The fourth-order valence-corrected chi connectivity index (χ4v) is 3.90. The van der Waals surface area contributed by atoms with Crippen molar-refractivity contribution in [2.75, 3.05) is 33.9 Å². The van der Waals surface area contributed by atoms with Gasteiger partial charge in [-0.15, -0.1) is 0 Å². The second kappa shape index (κ2) is 11.6. The van der Waals surface area contributed by atoms with Gasteiger partial charge in [-0.2, -0.15) is 0 Å². The second-order valence-corrected chi connectivity index (χ2v) is 7.68. The lowest BCUT2D eigenvalue weighted by molar-refractivity contribution is -0.384. The molecule has 28 heavy (non-hydrogen) atoms. The summed E-state index contributed by atoms with van der Waals surface area (Å²) < 4.78 is 5.30. The Morgan fingerprint density at radius 2 is 1.93 bits per heavy atom. The highest BCUT2D eigenvalue weighted by Crippen LogP contribution is 2.40. The van der Waals surface area contributed by atoms with E-state index < -0.39 is 0 Å².